The van der Waals surface area contributed by atoms with Gasteiger partial charge in [0.05, 0.1) is 26.4 Å². The van der Waals surface area contributed by atoms with E-state index in [0.29, 0.717) is 32.1 Å². The minimum atomic E-state index is -5.01. The van der Waals surface area contributed by atoms with E-state index in [-0.39, 0.29) is 25.7 Å². The van der Waals surface area contributed by atoms with Crippen molar-refractivity contribution < 1.29 is 80.2 Å². The van der Waals surface area contributed by atoms with Crippen molar-refractivity contribution in [2.75, 3.05) is 39.6 Å². The fourth-order valence-electron chi connectivity index (χ4n) is 9.96. The number of hydrogen-bond acceptors (Lipinski definition) is 15. The summed E-state index contributed by atoms with van der Waals surface area (Å²) in [6.07, 6.45) is 97.0. The van der Waals surface area contributed by atoms with E-state index in [9.17, 15) is 43.2 Å². The van der Waals surface area contributed by atoms with Crippen molar-refractivity contribution in [1.82, 2.24) is 0 Å². The summed E-state index contributed by atoms with van der Waals surface area (Å²) in [5.74, 6) is -2.33. The number of carbonyl (C=O) groups excluding carboxylic acids is 4. The van der Waals surface area contributed by atoms with Gasteiger partial charge in [-0.3, -0.25) is 37.3 Å². The molecule has 0 radical (unpaired) electrons. The number of carbonyl (C=O) groups is 4. The summed E-state index contributed by atoms with van der Waals surface area (Å²) in [4.78, 5) is 73.1. The molecule has 0 aliphatic heterocycles. The maximum Gasteiger partial charge on any atom is 0.472 e. The SMILES string of the molecule is CC/C=C\C/C=C\C/C=C\C/C=C\C/C=C\CCCCCC(=O)OCC(COP(=O)(O)OCC(O)COP(=O)(O)OCC(COC(=O)CCCCCCCC/C=C\C/C=C\C/C=C\C/C=C\CC)OC(=O)CCC/C=C\C/C=C\C/C=C\C/C=C\C/C=C\CC)OC(=O)CCCCCCC/C=C\C/C=C\CCC. The normalized spacial score (nSPS) is 14.8. The predicted octanol–water partition coefficient (Wildman–Crippen LogP) is 24.1. The predicted molar refractivity (Wildman–Crippen MR) is 445 cm³/mol. The zero-order chi connectivity index (χ0) is 78.9. The lowest BCUT2D eigenvalue weighted by molar-refractivity contribution is -0.161. The van der Waals surface area contributed by atoms with Gasteiger partial charge in [-0.05, 0) is 173 Å². The second-order valence-corrected chi connectivity index (χ2v) is 29.1. The number of aliphatic hydroxyl groups is 1. The van der Waals surface area contributed by atoms with Crippen LogP contribution < -0.4 is 0 Å². The standard InChI is InChI=1S/C89H142O17P2/c1-5-9-13-17-21-25-29-33-36-39-41-44-46-50-53-57-61-65-69-73-86(91)99-79-84(105-88(93)75-71-67-63-59-55-49-32-28-24-20-16-12-8-4)81-103-107(95,96)101-77-83(90)78-102-108(97,98)104-82-85(106-89(94)76-72-68-64-60-56-52-48-43-38-35-31-27-23-19-15-11-7-3)80-100-87(92)74-70-66-62-58-54-51-47-45-42-40-37-34-30-26-22-18-14-10-6-2/h9-11,13-16,20-23,25-28,32-38,41-42,44-45,48,50,52-53,60,64,83-85,90H,5-8,12,17-19,24,29-31,39-40,43,46-47,49,51,54-59,61-63,65-82H2,1-4H3,(H,95,96)(H,97,98)/b13-9-,14-10-,15-11-,20-16-,25-21-,26-22-,27-23-,32-28-,36-33-,37-34-,38-35-,44-41-,45-42-,52-48-,53-50-,64-60-. The van der Waals surface area contributed by atoms with Crippen molar-refractivity contribution in [1.29, 1.82) is 0 Å². The lowest BCUT2D eigenvalue weighted by Gasteiger charge is -2.21. The Hall–Kier alpha value is -6.10. The lowest BCUT2D eigenvalue weighted by atomic mass is 10.1. The van der Waals surface area contributed by atoms with E-state index < -0.39 is 97.5 Å². The summed E-state index contributed by atoms with van der Waals surface area (Å²) in [6.45, 7) is 4.31. The van der Waals surface area contributed by atoms with Crippen LogP contribution in [0.15, 0.2) is 194 Å². The van der Waals surface area contributed by atoms with Crippen LogP contribution in [0.4, 0.5) is 0 Å². The van der Waals surface area contributed by atoms with E-state index >= 15 is 0 Å². The molecule has 0 amide bonds. The smallest absolute Gasteiger partial charge is 0.462 e. The molecule has 108 heavy (non-hydrogen) atoms. The third-order valence-corrected chi connectivity index (χ3v) is 17.9. The van der Waals surface area contributed by atoms with Crippen LogP contribution in [0.25, 0.3) is 0 Å². The number of aliphatic hydroxyl groups excluding tert-OH is 1. The molecule has 0 heterocycles. The van der Waals surface area contributed by atoms with Gasteiger partial charge < -0.3 is 33.8 Å². The van der Waals surface area contributed by atoms with Crippen LogP contribution in [-0.4, -0.2) is 96.7 Å². The minimum absolute atomic E-state index is 0.00458. The molecule has 0 aliphatic carbocycles. The van der Waals surface area contributed by atoms with Crippen molar-refractivity contribution in [3.8, 4) is 0 Å². The molecule has 17 nitrogen and oxygen atoms in total. The summed E-state index contributed by atoms with van der Waals surface area (Å²) < 4.78 is 68.6. The van der Waals surface area contributed by atoms with E-state index in [1.54, 1.807) is 0 Å². The van der Waals surface area contributed by atoms with Gasteiger partial charge in [0.25, 0.3) is 0 Å². The zero-order valence-electron chi connectivity index (χ0n) is 66.7. The molecule has 0 aliphatic rings. The van der Waals surface area contributed by atoms with Gasteiger partial charge in [0.1, 0.15) is 19.3 Å². The minimum Gasteiger partial charge on any atom is -0.462 e. The summed E-state index contributed by atoms with van der Waals surface area (Å²) in [5, 5.41) is 10.7. The van der Waals surface area contributed by atoms with Crippen molar-refractivity contribution in [3.63, 3.8) is 0 Å². The highest BCUT2D eigenvalue weighted by Crippen LogP contribution is 2.45. The summed E-state index contributed by atoms with van der Waals surface area (Å²) >= 11 is 0. The molecule has 19 heteroatoms. The molecule has 0 saturated heterocycles. The molecule has 0 aromatic heterocycles. The van der Waals surface area contributed by atoms with Crippen molar-refractivity contribution in [2.24, 2.45) is 0 Å². The molecule has 0 saturated carbocycles. The fraction of sp³-hybridized carbons (Fsp3) is 0.596. The number of allylic oxidation sites excluding steroid dienone is 32. The molecule has 5 unspecified atom stereocenters. The highest BCUT2D eigenvalue weighted by Gasteiger charge is 2.30. The molecule has 0 spiro atoms. The fourth-order valence-corrected chi connectivity index (χ4v) is 11.5. The first-order chi connectivity index (χ1) is 52.7. The molecule has 5 atom stereocenters. The van der Waals surface area contributed by atoms with Gasteiger partial charge in [0.15, 0.2) is 12.2 Å². The van der Waals surface area contributed by atoms with Gasteiger partial charge in [-0.25, -0.2) is 9.13 Å². The number of phosphoric ester groups is 2. The first kappa shape index (κ1) is 102. The van der Waals surface area contributed by atoms with Gasteiger partial charge in [0.2, 0.25) is 0 Å². The molecule has 0 aromatic rings. The Morgan fingerprint density at radius 3 is 0.787 bits per heavy atom. The van der Waals surface area contributed by atoms with E-state index in [2.05, 4.69) is 210 Å². The van der Waals surface area contributed by atoms with Gasteiger partial charge >= 0.3 is 39.5 Å². The van der Waals surface area contributed by atoms with Crippen LogP contribution in [0.1, 0.15) is 285 Å². The first-order valence-electron chi connectivity index (χ1n) is 40.7. The van der Waals surface area contributed by atoms with E-state index in [4.69, 9.17) is 37.0 Å². The van der Waals surface area contributed by atoms with Crippen LogP contribution in [0.2, 0.25) is 0 Å². The number of unbranched alkanes of at least 4 members (excludes halogenated alkanes) is 16. The number of rotatable bonds is 74. The average molecular weight is 1550 g/mol. The lowest BCUT2D eigenvalue weighted by Crippen LogP contribution is -2.30. The number of esters is 4. The van der Waals surface area contributed by atoms with Crippen molar-refractivity contribution in [2.45, 2.75) is 303 Å². The number of hydrogen-bond donors (Lipinski definition) is 3. The Labute approximate surface area is 653 Å². The number of ether oxygens (including phenoxy) is 4. The Bertz CT molecular complexity index is 2810. The third kappa shape index (κ3) is 78.0. The maximum absolute atomic E-state index is 13.1. The summed E-state index contributed by atoms with van der Waals surface area (Å²) in [5.41, 5.74) is 0. The molecule has 0 aromatic carbocycles. The molecule has 3 N–H and O–H groups in total. The van der Waals surface area contributed by atoms with E-state index in [1.807, 2.05) is 12.2 Å². The number of phosphoric acid groups is 2. The Morgan fingerprint density at radius 2 is 0.491 bits per heavy atom. The topological polar surface area (TPSA) is 237 Å². The Kier molecular flexibility index (Phi) is 74.5. The monoisotopic (exact) mass is 1540 g/mol. The van der Waals surface area contributed by atoms with E-state index in [0.717, 1.165) is 199 Å². The van der Waals surface area contributed by atoms with E-state index in [1.165, 1.54) is 0 Å². The molecular weight excluding hydrogens is 1400 g/mol. The van der Waals surface area contributed by atoms with Gasteiger partial charge in [0, 0.05) is 25.7 Å². The van der Waals surface area contributed by atoms with Crippen LogP contribution in [-0.2, 0) is 65.4 Å². The highest BCUT2D eigenvalue weighted by atomic mass is 31.2. The first-order valence-corrected chi connectivity index (χ1v) is 43.7. The summed E-state index contributed by atoms with van der Waals surface area (Å²) in [6, 6.07) is 0. The molecular formula is C89H142O17P2. The second-order valence-electron chi connectivity index (χ2n) is 26.2. The Balaban J connectivity index is 5.48. The average Bonchev–Trinajstić information content (AvgIpc) is 0.916. The Morgan fingerprint density at radius 1 is 0.269 bits per heavy atom. The largest absolute Gasteiger partial charge is 0.472 e. The third-order valence-electron chi connectivity index (χ3n) is 16.0. The second kappa shape index (κ2) is 79.0. The van der Waals surface area contributed by atoms with Crippen LogP contribution >= 0.6 is 15.6 Å². The van der Waals surface area contributed by atoms with Gasteiger partial charge in [-0.15, -0.1) is 0 Å². The van der Waals surface area contributed by atoms with Gasteiger partial charge in [-0.2, -0.15) is 0 Å². The zero-order valence-corrected chi connectivity index (χ0v) is 68.5. The highest BCUT2D eigenvalue weighted by molar-refractivity contribution is 7.47. The van der Waals surface area contributed by atoms with Crippen LogP contribution in [0.5, 0.6) is 0 Å². The maximum atomic E-state index is 13.1. The summed E-state index contributed by atoms with van der Waals surface area (Å²) in [7, 11) is -10.0. The molecule has 0 rings (SSSR count). The van der Waals surface area contributed by atoms with Crippen molar-refractivity contribution >= 4 is 39.5 Å². The molecule has 0 fully saturated rings. The van der Waals surface area contributed by atoms with Crippen LogP contribution in [0.3, 0.4) is 0 Å². The van der Waals surface area contributed by atoms with Crippen LogP contribution in [0, 0.1) is 0 Å². The quantitative estimate of drug-likeness (QED) is 0.0169. The van der Waals surface area contributed by atoms with Gasteiger partial charge in [-0.1, -0.05) is 280 Å². The van der Waals surface area contributed by atoms with Crippen molar-refractivity contribution in [3.05, 3.63) is 194 Å². The molecule has 0 bridgehead atoms. The molecule has 610 valence electrons.